The van der Waals surface area contributed by atoms with Gasteiger partial charge in [0.1, 0.15) is 5.82 Å². The molecule has 2 rings (SSSR count). The Morgan fingerprint density at radius 3 is 2.56 bits per heavy atom. The molecule has 0 saturated carbocycles. The van der Waals surface area contributed by atoms with Crippen molar-refractivity contribution in [2.45, 2.75) is 31.6 Å². The van der Waals surface area contributed by atoms with E-state index in [9.17, 15) is 22.7 Å². The molecule has 2 N–H and O–H groups in total. The number of sulfonamides is 1. The number of nitrogens with zero attached hydrogens (tertiary/aromatic N) is 1. The highest BCUT2D eigenvalue weighted by Gasteiger charge is 2.20. The van der Waals surface area contributed by atoms with Crippen LogP contribution in [0.2, 0.25) is 0 Å². The van der Waals surface area contributed by atoms with Crippen molar-refractivity contribution in [3.8, 4) is 0 Å². The van der Waals surface area contributed by atoms with E-state index in [0.717, 1.165) is 18.9 Å². The first-order chi connectivity index (χ1) is 12.7. The van der Waals surface area contributed by atoms with E-state index in [1.165, 1.54) is 24.3 Å². The summed E-state index contributed by atoms with van der Waals surface area (Å²) in [6.07, 6.45) is 1.88. The van der Waals surface area contributed by atoms with Crippen LogP contribution < -0.4 is 9.62 Å². The van der Waals surface area contributed by atoms with Gasteiger partial charge in [-0.1, -0.05) is 19.4 Å². The predicted octanol–water partition coefficient (Wildman–Crippen LogP) is 3.87. The van der Waals surface area contributed by atoms with Crippen molar-refractivity contribution in [2.75, 3.05) is 23.2 Å². The summed E-state index contributed by atoms with van der Waals surface area (Å²) in [7, 11) is -2.26. The summed E-state index contributed by atoms with van der Waals surface area (Å²) in [6, 6.07) is 7.82. The van der Waals surface area contributed by atoms with E-state index in [1.807, 2.05) is 11.8 Å². The van der Waals surface area contributed by atoms with Crippen LogP contribution in [0.15, 0.2) is 41.3 Å². The number of aryl methyl sites for hydroxylation is 1. The zero-order valence-electron chi connectivity index (χ0n) is 15.5. The zero-order valence-corrected chi connectivity index (χ0v) is 16.3. The Kier molecular flexibility index (Phi) is 6.43. The molecule has 0 aliphatic heterocycles. The van der Waals surface area contributed by atoms with E-state index in [4.69, 9.17) is 0 Å². The zero-order chi connectivity index (χ0) is 20.2. The summed E-state index contributed by atoms with van der Waals surface area (Å²) in [4.78, 5) is 13.3. The number of aromatic carboxylic acids is 1. The van der Waals surface area contributed by atoms with Crippen molar-refractivity contribution >= 4 is 27.4 Å². The highest BCUT2D eigenvalue weighted by atomic mass is 32.2. The van der Waals surface area contributed by atoms with E-state index in [0.29, 0.717) is 17.8 Å². The van der Waals surface area contributed by atoms with Gasteiger partial charge in [0.2, 0.25) is 0 Å². The second-order valence-corrected chi connectivity index (χ2v) is 7.98. The topological polar surface area (TPSA) is 86.7 Å². The van der Waals surface area contributed by atoms with E-state index >= 15 is 0 Å². The van der Waals surface area contributed by atoms with Crippen molar-refractivity contribution in [3.63, 3.8) is 0 Å². The second kappa shape index (κ2) is 8.39. The lowest BCUT2D eigenvalue weighted by Crippen LogP contribution is -2.21. The van der Waals surface area contributed by atoms with E-state index < -0.39 is 21.8 Å². The summed E-state index contributed by atoms with van der Waals surface area (Å²) in [6.45, 7) is 4.28. The lowest BCUT2D eigenvalue weighted by molar-refractivity contribution is 0.0697. The van der Waals surface area contributed by atoms with Gasteiger partial charge >= 0.3 is 5.97 Å². The highest BCUT2D eigenvalue weighted by Crippen LogP contribution is 2.26. The SMILES string of the molecule is CCCCN(C)c1ccc(NS(=O)(=O)c2cc(F)ccc2C)cc1C(=O)O. The maximum atomic E-state index is 13.5. The molecule has 0 aromatic heterocycles. The Hall–Kier alpha value is -2.61. The average molecular weight is 394 g/mol. The number of hydrogen-bond donors (Lipinski definition) is 2. The molecule has 0 fully saturated rings. The predicted molar refractivity (Wildman–Crippen MR) is 104 cm³/mol. The molecule has 0 amide bonds. The molecule has 0 aliphatic carbocycles. The third-order valence-electron chi connectivity index (χ3n) is 4.18. The molecule has 8 heteroatoms. The molecule has 2 aromatic rings. The van der Waals surface area contributed by atoms with Crippen molar-refractivity contribution in [1.29, 1.82) is 0 Å². The van der Waals surface area contributed by atoms with Gasteiger partial charge in [-0.2, -0.15) is 0 Å². The van der Waals surface area contributed by atoms with Crippen molar-refractivity contribution in [1.82, 2.24) is 0 Å². The van der Waals surface area contributed by atoms with Gasteiger partial charge in [-0.3, -0.25) is 4.72 Å². The number of rotatable bonds is 8. The standard InChI is InChI=1S/C19H23FN2O4S/c1-4-5-10-22(3)17-9-8-15(12-16(17)19(23)24)21-27(25,26)18-11-14(20)7-6-13(18)2/h6-9,11-12,21H,4-5,10H2,1-3H3,(H,23,24). The molecule has 6 nitrogen and oxygen atoms in total. The summed E-state index contributed by atoms with van der Waals surface area (Å²) in [5.74, 6) is -1.82. The first-order valence-corrected chi connectivity index (χ1v) is 10.0. The van der Waals surface area contributed by atoms with Crippen molar-refractivity contribution in [3.05, 3.63) is 53.3 Å². The monoisotopic (exact) mass is 394 g/mol. The van der Waals surface area contributed by atoms with Crippen LogP contribution in [-0.2, 0) is 10.0 Å². The lowest BCUT2D eigenvalue weighted by atomic mass is 10.1. The third kappa shape index (κ3) is 4.97. The molecule has 0 spiro atoms. The minimum atomic E-state index is -4.05. The number of hydrogen-bond acceptors (Lipinski definition) is 4. The Balaban J connectivity index is 2.38. The Morgan fingerprint density at radius 2 is 1.93 bits per heavy atom. The van der Waals surface area contributed by atoms with E-state index in [2.05, 4.69) is 4.72 Å². The largest absolute Gasteiger partial charge is 0.478 e. The third-order valence-corrected chi connectivity index (χ3v) is 5.70. The highest BCUT2D eigenvalue weighted by molar-refractivity contribution is 7.92. The number of carboxylic acid groups (broad SMARTS) is 1. The number of anilines is 2. The van der Waals surface area contributed by atoms with Crippen LogP contribution in [-0.4, -0.2) is 33.1 Å². The maximum absolute atomic E-state index is 13.5. The number of carbonyl (C=O) groups is 1. The number of halogens is 1. The molecule has 0 saturated heterocycles. The molecule has 0 aliphatic rings. The summed E-state index contributed by atoms with van der Waals surface area (Å²) < 4.78 is 40.9. The summed E-state index contributed by atoms with van der Waals surface area (Å²) >= 11 is 0. The number of nitrogens with one attached hydrogen (secondary N) is 1. The quantitative estimate of drug-likeness (QED) is 0.710. The minimum Gasteiger partial charge on any atom is -0.478 e. The fourth-order valence-electron chi connectivity index (χ4n) is 2.69. The van der Waals surface area contributed by atoms with Gasteiger partial charge in [-0.25, -0.2) is 17.6 Å². The van der Waals surface area contributed by atoms with Crippen LogP contribution in [0.25, 0.3) is 0 Å². The average Bonchev–Trinajstić information content (AvgIpc) is 2.61. The molecule has 2 aromatic carbocycles. The molecular weight excluding hydrogens is 371 g/mol. The fourth-order valence-corrected chi connectivity index (χ4v) is 4.00. The van der Waals surface area contributed by atoms with Crippen LogP contribution in [0, 0.1) is 12.7 Å². The Labute approximate surface area is 158 Å². The van der Waals surface area contributed by atoms with Gasteiger partial charge in [-0.15, -0.1) is 0 Å². The Morgan fingerprint density at radius 1 is 1.22 bits per heavy atom. The van der Waals surface area contributed by atoms with Crippen molar-refractivity contribution < 1.29 is 22.7 Å². The van der Waals surface area contributed by atoms with Gasteiger partial charge in [-0.05, 0) is 49.2 Å². The first kappa shape index (κ1) is 20.7. The second-order valence-electron chi connectivity index (χ2n) is 6.33. The van der Waals surface area contributed by atoms with Crippen LogP contribution in [0.3, 0.4) is 0 Å². The lowest BCUT2D eigenvalue weighted by Gasteiger charge is -2.21. The molecule has 27 heavy (non-hydrogen) atoms. The molecule has 0 radical (unpaired) electrons. The minimum absolute atomic E-state index is 0.00947. The van der Waals surface area contributed by atoms with Crippen LogP contribution in [0.4, 0.5) is 15.8 Å². The van der Waals surface area contributed by atoms with Gasteiger partial charge in [0.05, 0.1) is 16.1 Å². The molecular formula is C19H23FN2O4S. The molecule has 0 atom stereocenters. The fraction of sp³-hybridized carbons (Fsp3) is 0.316. The van der Waals surface area contributed by atoms with Gasteiger partial charge in [0.25, 0.3) is 10.0 Å². The number of unbranched alkanes of at least 4 members (excludes halogenated alkanes) is 1. The van der Waals surface area contributed by atoms with Crippen LogP contribution in [0.1, 0.15) is 35.7 Å². The molecule has 146 valence electrons. The Bertz CT molecular complexity index is 945. The normalized spacial score (nSPS) is 11.3. The van der Waals surface area contributed by atoms with Gasteiger partial charge in [0, 0.05) is 19.3 Å². The summed E-state index contributed by atoms with van der Waals surface area (Å²) in [5.41, 5.74) is 0.979. The first-order valence-electron chi connectivity index (χ1n) is 8.53. The number of benzene rings is 2. The molecule has 0 unspecified atom stereocenters. The summed E-state index contributed by atoms with van der Waals surface area (Å²) in [5, 5.41) is 9.51. The smallest absolute Gasteiger partial charge is 0.337 e. The van der Waals surface area contributed by atoms with Crippen LogP contribution >= 0.6 is 0 Å². The van der Waals surface area contributed by atoms with E-state index in [1.54, 1.807) is 20.0 Å². The maximum Gasteiger partial charge on any atom is 0.337 e. The van der Waals surface area contributed by atoms with Gasteiger partial charge in [0.15, 0.2) is 0 Å². The van der Waals surface area contributed by atoms with Crippen molar-refractivity contribution in [2.24, 2.45) is 0 Å². The molecule has 0 bridgehead atoms. The van der Waals surface area contributed by atoms with E-state index in [-0.39, 0.29) is 16.1 Å². The van der Waals surface area contributed by atoms with Crippen LogP contribution in [0.5, 0.6) is 0 Å². The van der Waals surface area contributed by atoms with Gasteiger partial charge < -0.3 is 10.0 Å². The number of carboxylic acids is 1. The molecule has 0 heterocycles.